The molecule has 0 saturated heterocycles. The van der Waals surface area contributed by atoms with Crippen molar-refractivity contribution in [3.8, 4) is 5.75 Å². The van der Waals surface area contributed by atoms with E-state index in [0.29, 0.717) is 12.2 Å². The molecule has 138 valence electrons. The van der Waals surface area contributed by atoms with Gasteiger partial charge in [-0.25, -0.2) is 4.79 Å². The maximum atomic E-state index is 12.1. The van der Waals surface area contributed by atoms with Crippen LogP contribution >= 0.6 is 0 Å². The lowest BCUT2D eigenvalue weighted by atomic mass is 10.0. The predicted octanol–water partition coefficient (Wildman–Crippen LogP) is 4.72. The SMILES string of the molecule is CCCCc1ccc2oc(C(=O)OCC)c(C)c2c1OC(N)CCC. The van der Waals surface area contributed by atoms with Gasteiger partial charge in [-0.2, -0.15) is 0 Å². The smallest absolute Gasteiger partial charge is 0.374 e. The summed E-state index contributed by atoms with van der Waals surface area (Å²) in [6, 6.07) is 3.90. The fourth-order valence-electron chi connectivity index (χ4n) is 2.93. The van der Waals surface area contributed by atoms with Crippen LogP contribution in [-0.4, -0.2) is 18.8 Å². The Morgan fingerprint density at radius 2 is 2.00 bits per heavy atom. The summed E-state index contributed by atoms with van der Waals surface area (Å²) >= 11 is 0. The molecule has 0 radical (unpaired) electrons. The molecule has 0 amide bonds. The van der Waals surface area contributed by atoms with E-state index in [1.54, 1.807) is 6.92 Å². The molecular weight excluding hydrogens is 318 g/mol. The third-order valence-electron chi connectivity index (χ3n) is 4.23. The van der Waals surface area contributed by atoms with Crippen molar-refractivity contribution >= 4 is 16.9 Å². The maximum absolute atomic E-state index is 12.1. The van der Waals surface area contributed by atoms with E-state index >= 15 is 0 Å². The van der Waals surface area contributed by atoms with E-state index in [2.05, 4.69) is 13.8 Å². The van der Waals surface area contributed by atoms with Crippen LogP contribution < -0.4 is 10.5 Å². The van der Waals surface area contributed by atoms with Crippen LogP contribution in [0.4, 0.5) is 0 Å². The number of benzene rings is 1. The normalized spacial score (nSPS) is 12.4. The van der Waals surface area contributed by atoms with E-state index in [1.807, 2.05) is 19.1 Å². The molecule has 0 aliphatic rings. The number of nitrogens with two attached hydrogens (primary N) is 1. The zero-order chi connectivity index (χ0) is 18.4. The van der Waals surface area contributed by atoms with Crippen LogP contribution in [0.25, 0.3) is 11.0 Å². The van der Waals surface area contributed by atoms with Crippen LogP contribution in [0.15, 0.2) is 16.5 Å². The Hall–Kier alpha value is -2.01. The van der Waals surface area contributed by atoms with E-state index in [1.165, 1.54) is 0 Å². The van der Waals surface area contributed by atoms with E-state index < -0.39 is 5.97 Å². The molecule has 1 aromatic heterocycles. The number of ether oxygens (including phenoxy) is 2. The van der Waals surface area contributed by atoms with Gasteiger partial charge in [0.2, 0.25) is 5.76 Å². The minimum atomic E-state index is -0.449. The minimum absolute atomic E-state index is 0.235. The van der Waals surface area contributed by atoms with Crippen LogP contribution in [0.1, 0.15) is 68.1 Å². The van der Waals surface area contributed by atoms with Gasteiger partial charge in [-0.3, -0.25) is 5.73 Å². The summed E-state index contributed by atoms with van der Waals surface area (Å²) in [6.07, 6.45) is 4.39. The first kappa shape index (κ1) is 19.3. The molecule has 0 aliphatic heterocycles. The van der Waals surface area contributed by atoms with Crippen LogP contribution in [0.2, 0.25) is 0 Å². The molecular formula is C20H29NO4. The summed E-state index contributed by atoms with van der Waals surface area (Å²) in [5, 5.41) is 0.822. The Labute approximate surface area is 149 Å². The standard InChI is InChI=1S/C20H29NO4/c1-5-8-10-14-11-12-15-17(19(14)25-16(21)9-6-2)13(4)18(24-15)20(22)23-7-3/h11-12,16H,5-10,21H2,1-4H3. The molecule has 25 heavy (non-hydrogen) atoms. The summed E-state index contributed by atoms with van der Waals surface area (Å²) in [7, 11) is 0. The summed E-state index contributed by atoms with van der Waals surface area (Å²) in [5.74, 6) is 0.525. The van der Waals surface area contributed by atoms with Gasteiger partial charge in [0.15, 0.2) is 0 Å². The molecule has 1 unspecified atom stereocenters. The van der Waals surface area contributed by atoms with Gasteiger partial charge in [-0.1, -0.05) is 32.8 Å². The summed E-state index contributed by atoms with van der Waals surface area (Å²) in [5.41, 5.74) is 8.59. The molecule has 5 nitrogen and oxygen atoms in total. The van der Waals surface area contributed by atoms with Gasteiger partial charge in [-0.15, -0.1) is 0 Å². The highest BCUT2D eigenvalue weighted by Gasteiger charge is 2.23. The van der Waals surface area contributed by atoms with Crippen molar-refractivity contribution in [2.24, 2.45) is 5.73 Å². The third-order valence-corrected chi connectivity index (χ3v) is 4.23. The van der Waals surface area contributed by atoms with Gasteiger partial charge >= 0.3 is 5.97 Å². The third kappa shape index (κ3) is 4.34. The average Bonchev–Trinajstić information content (AvgIpc) is 2.92. The fourth-order valence-corrected chi connectivity index (χ4v) is 2.93. The zero-order valence-electron chi connectivity index (χ0n) is 15.7. The Morgan fingerprint density at radius 3 is 2.64 bits per heavy atom. The van der Waals surface area contributed by atoms with Crippen molar-refractivity contribution < 1.29 is 18.7 Å². The first-order valence-corrected chi connectivity index (χ1v) is 9.17. The average molecular weight is 347 g/mol. The molecule has 2 rings (SSSR count). The molecule has 5 heteroatoms. The first-order valence-electron chi connectivity index (χ1n) is 9.17. The number of aryl methyl sites for hydroxylation is 2. The Bertz CT molecular complexity index is 720. The van der Waals surface area contributed by atoms with Gasteiger partial charge in [0.25, 0.3) is 0 Å². The molecule has 0 bridgehead atoms. The Kier molecular flexibility index (Phi) is 6.88. The van der Waals surface area contributed by atoms with E-state index in [4.69, 9.17) is 19.6 Å². The first-order chi connectivity index (χ1) is 12.0. The summed E-state index contributed by atoms with van der Waals surface area (Å²) in [4.78, 5) is 12.1. The number of rotatable bonds is 9. The molecule has 1 heterocycles. The van der Waals surface area contributed by atoms with Gasteiger partial charge in [0.05, 0.1) is 12.0 Å². The van der Waals surface area contributed by atoms with E-state index in [-0.39, 0.29) is 12.0 Å². The number of fused-ring (bicyclic) bond motifs is 1. The number of hydrogen-bond donors (Lipinski definition) is 1. The highest BCUT2D eigenvalue weighted by atomic mass is 16.5. The fraction of sp³-hybridized carbons (Fsp3) is 0.550. The van der Waals surface area contributed by atoms with E-state index in [0.717, 1.165) is 54.4 Å². The lowest BCUT2D eigenvalue weighted by Crippen LogP contribution is -2.27. The number of hydrogen-bond acceptors (Lipinski definition) is 5. The second kappa shape index (κ2) is 8.90. The minimum Gasteiger partial charge on any atom is -0.475 e. The highest BCUT2D eigenvalue weighted by molar-refractivity contribution is 5.98. The molecule has 0 saturated carbocycles. The van der Waals surface area contributed by atoms with Crippen LogP contribution in [0.3, 0.4) is 0 Å². The van der Waals surface area contributed by atoms with Gasteiger partial charge < -0.3 is 13.9 Å². The zero-order valence-corrected chi connectivity index (χ0v) is 15.7. The molecule has 1 atom stereocenters. The summed E-state index contributed by atoms with van der Waals surface area (Å²) in [6.45, 7) is 8.17. The second-order valence-corrected chi connectivity index (χ2v) is 6.25. The van der Waals surface area contributed by atoms with Crippen LogP contribution in [-0.2, 0) is 11.2 Å². The molecule has 1 aromatic carbocycles. The number of esters is 1. The van der Waals surface area contributed by atoms with Gasteiger partial charge in [0.1, 0.15) is 17.6 Å². The number of unbranched alkanes of at least 4 members (excludes halogenated alkanes) is 1. The largest absolute Gasteiger partial charge is 0.475 e. The van der Waals surface area contributed by atoms with Gasteiger partial charge in [0, 0.05) is 5.56 Å². The maximum Gasteiger partial charge on any atom is 0.374 e. The van der Waals surface area contributed by atoms with Crippen molar-refractivity contribution in [1.82, 2.24) is 0 Å². The van der Waals surface area contributed by atoms with Crippen LogP contribution in [0.5, 0.6) is 5.75 Å². The van der Waals surface area contributed by atoms with Crippen molar-refractivity contribution in [2.45, 2.75) is 66.0 Å². The Balaban J connectivity index is 2.54. The number of carbonyl (C=O) groups excluding carboxylic acids is 1. The quantitative estimate of drug-likeness (QED) is 0.524. The molecule has 0 spiro atoms. The highest BCUT2D eigenvalue weighted by Crippen LogP contribution is 2.37. The molecule has 2 aromatic rings. The van der Waals surface area contributed by atoms with Gasteiger partial charge in [-0.05, 0) is 44.7 Å². The van der Waals surface area contributed by atoms with Crippen molar-refractivity contribution in [3.63, 3.8) is 0 Å². The number of furan rings is 1. The van der Waals surface area contributed by atoms with Crippen molar-refractivity contribution in [2.75, 3.05) is 6.61 Å². The Morgan fingerprint density at radius 1 is 1.24 bits per heavy atom. The molecule has 0 fully saturated rings. The van der Waals surface area contributed by atoms with Crippen LogP contribution in [0, 0.1) is 6.92 Å². The van der Waals surface area contributed by atoms with E-state index in [9.17, 15) is 4.79 Å². The molecule has 0 aliphatic carbocycles. The summed E-state index contributed by atoms with van der Waals surface area (Å²) < 4.78 is 17.0. The molecule has 2 N–H and O–H groups in total. The van der Waals surface area contributed by atoms with Crippen molar-refractivity contribution in [1.29, 1.82) is 0 Å². The lowest BCUT2D eigenvalue weighted by molar-refractivity contribution is 0.0491. The lowest BCUT2D eigenvalue weighted by Gasteiger charge is -2.18. The van der Waals surface area contributed by atoms with Crippen molar-refractivity contribution in [3.05, 3.63) is 29.0 Å². The second-order valence-electron chi connectivity index (χ2n) is 6.25. The predicted molar refractivity (Wildman–Crippen MR) is 99.0 cm³/mol. The topological polar surface area (TPSA) is 74.7 Å². The number of carbonyl (C=O) groups is 1. The monoisotopic (exact) mass is 347 g/mol.